The lowest BCUT2D eigenvalue weighted by atomic mass is 9.37. The fraction of sp³-hybridized carbons (Fsp3) is 0.220. The molecule has 0 saturated heterocycles. The van der Waals surface area contributed by atoms with E-state index in [0.717, 1.165) is 37.6 Å². The summed E-state index contributed by atoms with van der Waals surface area (Å²) in [4.78, 5) is 4.47. The van der Waals surface area contributed by atoms with Crippen molar-refractivity contribution in [1.82, 2.24) is 9.55 Å². The van der Waals surface area contributed by atoms with E-state index in [0.29, 0.717) is 6.71 Å². The zero-order chi connectivity index (χ0) is 38.7. The molecule has 0 aliphatic heterocycles. The lowest BCUT2D eigenvalue weighted by Gasteiger charge is -2.37. The molecule has 7 rings (SSSR count). The van der Waals surface area contributed by atoms with Crippen LogP contribution >= 0.6 is 0 Å². The number of hydrogen-bond acceptors (Lipinski definition) is 3. The topological polar surface area (TPSA) is 36.3 Å². The van der Waals surface area contributed by atoms with Crippen LogP contribution in [0.15, 0.2) is 189 Å². The van der Waals surface area contributed by atoms with Gasteiger partial charge in [-0.25, -0.2) is 4.98 Å². The molecule has 7 aromatic rings. The van der Waals surface area contributed by atoms with Crippen molar-refractivity contribution >= 4 is 37.8 Å². The molecule has 6 aromatic carbocycles. The number of hydrogen-bond donors (Lipinski definition) is 0. The van der Waals surface area contributed by atoms with Crippen LogP contribution in [0.4, 0.5) is 0 Å². The Kier molecular flexibility index (Phi) is 15.4. The van der Waals surface area contributed by atoms with Crippen LogP contribution in [-0.2, 0) is 5.16 Å². The van der Waals surface area contributed by atoms with Gasteiger partial charge in [0.2, 0.25) is 6.71 Å². The summed E-state index contributed by atoms with van der Waals surface area (Å²) in [6.45, 7) is 6.26. The molecule has 0 bridgehead atoms. The predicted molar refractivity (Wildman–Crippen MR) is 240 cm³/mol. The van der Waals surface area contributed by atoms with Gasteiger partial charge in [0.25, 0.3) is 0 Å². The molecular formula is C50H55BN2O2Si. The quantitative estimate of drug-likeness (QED) is 0.0652. The minimum atomic E-state index is -0.899. The Hall–Kier alpha value is -5.59. The standard InChI is InChI=1S/C32H40N2O2Si.C18H15B/c1-3-5-10-24-35-29-18-14-27(15-19-29)32(34-23-22-33-26-34,37-31-12-8-7-9-13-31)28-16-20-30(21-17-28)36-25-11-6-4-2;1-4-10-16(11-5-1)19(17-12-6-2-7-13-17)18-14-8-3-9-15-18/h7-9,12-23,26H,3-6,10-11,24-25,37H2,1-2H3;1-15H. The number of ether oxygens (including phenoxy) is 2. The molecule has 1 aromatic heterocycles. The van der Waals surface area contributed by atoms with Crippen LogP contribution in [0, 0.1) is 0 Å². The first kappa shape index (κ1) is 40.1. The van der Waals surface area contributed by atoms with Crippen molar-refractivity contribution in [2.45, 2.75) is 57.5 Å². The number of benzene rings is 6. The van der Waals surface area contributed by atoms with Gasteiger partial charge in [-0.2, -0.15) is 0 Å². The van der Waals surface area contributed by atoms with Gasteiger partial charge in [0.1, 0.15) is 11.5 Å². The number of rotatable bonds is 18. The highest BCUT2D eigenvalue weighted by Crippen LogP contribution is 2.35. The van der Waals surface area contributed by atoms with Crippen molar-refractivity contribution in [3.63, 3.8) is 0 Å². The first-order valence-corrected chi connectivity index (χ1v) is 21.8. The van der Waals surface area contributed by atoms with Gasteiger partial charge >= 0.3 is 0 Å². The van der Waals surface area contributed by atoms with Crippen molar-refractivity contribution in [2.24, 2.45) is 0 Å². The summed E-state index contributed by atoms with van der Waals surface area (Å²) in [6, 6.07) is 60.3. The normalized spacial score (nSPS) is 11.2. The van der Waals surface area contributed by atoms with Gasteiger partial charge in [0, 0.05) is 12.4 Å². The first-order valence-electron chi connectivity index (χ1n) is 20.3. The van der Waals surface area contributed by atoms with Gasteiger partial charge in [0.05, 0.1) is 34.2 Å². The maximum atomic E-state index is 6.04. The van der Waals surface area contributed by atoms with E-state index >= 15 is 0 Å². The van der Waals surface area contributed by atoms with Crippen LogP contribution in [0.25, 0.3) is 0 Å². The van der Waals surface area contributed by atoms with Gasteiger partial charge in [0.15, 0.2) is 0 Å². The molecule has 0 saturated carbocycles. The summed E-state index contributed by atoms with van der Waals surface area (Å²) in [5.41, 5.74) is 6.50. The Bertz CT molecular complexity index is 1930. The van der Waals surface area contributed by atoms with E-state index in [1.54, 1.807) is 0 Å². The second-order valence-corrected chi connectivity index (χ2v) is 16.5. The molecular weight excluding hydrogens is 699 g/mol. The molecule has 0 radical (unpaired) electrons. The Balaban J connectivity index is 0.000000233. The molecule has 0 N–H and O–H groups in total. The Morgan fingerprint density at radius 1 is 0.518 bits per heavy atom. The molecule has 0 atom stereocenters. The zero-order valence-electron chi connectivity index (χ0n) is 33.1. The summed E-state index contributed by atoms with van der Waals surface area (Å²) >= 11 is 0. The Labute approximate surface area is 337 Å². The first-order chi connectivity index (χ1) is 27.7. The Morgan fingerprint density at radius 3 is 1.30 bits per heavy atom. The second kappa shape index (κ2) is 21.5. The van der Waals surface area contributed by atoms with E-state index in [4.69, 9.17) is 9.47 Å². The van der Waals surface area contributed by atoms with Crippen LogP contribution in [0.3, 0.4) is 0 Å². The molecule has 0 amide bonds. The fourth-order valence-corrected chi connectivity index (χ4v) is 9.74. The lowest BCUT2D eigenvalue weighted by Crippen LogP contribution is -2.51. The zero-order valence-corrected chi connectivity index (χ0v) is 34.5. The minimum absolute atomic E-state index is 0.309. The minimum Gasteiger partial charge on any atom is -0.494 e. The van der Waals surface area contributed by atoms with E-state index in [9.17, 15) is 0 Å². The number of nitrogens with zero attached hydrogens (tertiary/aromatic N) is 2. The molecule has 0 fully saturated rings. The predicted octanol–water partition coefficient (Wildman–Crippen LogP) is 8.47. The van der Waals surface area contributed by atoms with Crippen LogP contribution in [0.1, 0.15) is 63.5 Å². The third kappa shape index (κ3) is 10.8. The molecule has 0 aliphatic carbocycles. The van der Waals surface area contributed by atoms with E-state index in [1.165, 1.54) is 58.4 Å². The average molecular weight is 755 g/mol. The average Bonchev–Trinajstić information content (AvgIpc) is 3.82. The molecule has 0 unspecified atom stereocenters. The monoisotopic (exact) mass is 754 g/mol. The van der Waals surface area contributed by atoms with Crippen molar-refractivity contribution in [3.8, 4) is 11.5 Å². The third-order valence-corrected chi connectivity index (χ3v) is 12.9. The van der Waals surface area contributed by atoms with Crippen molar-refractivity contribution < 1.29 is 9.47 Å². The molecule has 56 heavy (non-hydrogen) atoms. The van der Waals surface area contributed by atoms with Gasteiger partial charge in [-0.15, -0.1) is 0 Å². The van der Waals surface area contributed by atoms with Crippen LogP contribution in [-0.4, -0.2) is 39.0 Å². The maximum absolute atomic E-state index is 6.04. The molecule has 6 heteroatoms. The summed E-state index contributed by atoms with van der Waals surface area (Å²) in [5.74, 6) is 1.85. The van der Waals surface area contributed by atoms with E-state index in [-0.39, 0.29) is 5.16 Å². The maximum Gasteiger partial charge on any atom is 0.241 e. The third-order valence-electron chi connectivity index (χ3n) is 10.3. The smallest absolute Gasteiger partial charge is 0.241 e. The second-order valence-electron chi connectivity index (χ2n) is 14.3. The largest absolute Gasteiger partial charge is 0.494 e. The van der Waals surface area contributed by atoms with E-state index in [2.05, 4.69) is 199 Å². The lowest BCUT2D eigenvalue weighted by molar-refractivity contribution is 0.306. The highest BCUT2D eigenvalue weighted by atomic mass is 28.2. The van der Waals surface area contributed by atoms with Crippen molar-refractivity contribution in [3.05, 3.63) is 200 Å². The molecule has 284 valence electrons. The molecule has 0 aliphatic rings. The van der Waals surface area contributed by atoms with Crippen molar-refractivity contribution in [2.75, 3.05) is 13.2 Å². The summed E-state index contributed by atoms with van der Waals surface area (Å²) in [6.07, 6.45) is 12.9. The van der Waals surface area contributed by atoms with Gasteiger partial charge in [-0.3, -0.25) is 0 Å². The fourth-order valence-electron chi connectivity index (χ4n) is 7.39. The van der Waals surface area contributed by atoms with Crippen LogP contribution in [0.5, 0.6) is 11.5 Å². The summed E-state index contributed by atoms with van der Waals surface area (Å²) in [7, 11) is -0.899. The van der Waals surface area contributed by atoms with Crippen LogP contribution < -0.4 is 31.0 Å². The molecule has 0 spiro atoms. The molecule has 1 heterocycles. The van der Waals surface area contributed by atoms with E-state index < -0.39 is 9.52 Å². The van der Waals surface area contributed by atoms with Gasteiger partial charge in [-0.1, -0.05) is 207 Å². The summed E-state index contributed by atoms with van der Waals surface area (Å²) < 4.78 is 14.4. The number of unbranched alkanes of at least 4 members (excludes halogenated alkanes) is 4. The SMILES string of the molecule is CCCCCOc1ccc(C([SiH2]c2ccccc2)(c2ccc(OCCCCC)cc2)n2ccnc2)cc1.c1ccc(B(c2ccccc2)c2ccccc2)cc1. The number of aromatic nitrogens is 2. The highest BCUT2D eigenvalue weighted by Gasteiger charge is 2.37. The van der Waals surface area contributed by atoms with Gasteiger partial charge < -0.3 is 14.0 Å². The van der Waals surface area contributed by atoms with E-state index in [1.807, 2.05) is 12.5 Å². The van der Waals surface area contributed by atoms with Crippen molar-refractivity contribution in [1.29, 1.82) is 0 Å². The van der Waals surface area contributed by atoms with Gasteiger partial charge in [-0.05, 0) is 48.2 Å². The number of imidazole rings is 1. The highest BCUT2D eigenvalue weighted by molar-refractivity contribution is 6.95. The summed E-state index contributed by atoms with van der Waals surface area (Å²) in [5, 5.41) is 1.07. The molecule has 4 nitrogen and oxygen atoms in total. The Morgan fingerprint density at radius 2 is 0.929 bits per heavy atom. The van der Waals surface area contributed by atoms with Crippen LogP contribution in [0.2, 0.25) is 0 Å².